The number of rotatable bonds is 2. The van der Waals surface area contributed by atoms with Gasteiger partial charge in [-0.15, -0.1) is 0 Å². The maximum Gasteiger partial charge on any atom is 0.277 e. The van der Waals surface area contributed by atoms with Gasteiger partial charge in [0.1, 0.15) is 0 Å². The third kappa shape index (κ3) is 2.29. The molecule has 2 heterocycles. The van der Waals surface area contributed by atoms with Crippen LogP contribution in [-0.4, -0.2) is 25.5 Å². The van der Waals surface area contributed by atoms with Crippen LogP contribution in [0, 0.1) is 0 Å². The smallest absolute Gasteiger partial charge is 0.277 e. The van der Waals surface area contributed by atoms with E-state index in [1.807, 2.05) is 0 Å². The normalized spacial score (nSPS) is 10.8. The van der Waals surface area contributed by atoms with Gasteiger partial charge in [0.15, 0.2) is 11.5 Å². The molecule has 0 spiro atoms. The molecule has 1 aromatic carbocycles. The third-order valence-electron chi connectivity index (χ3n) is 3.13. The number of aromatic nitrogens is 4. The van der Waals surface area contributed by atoms with Gasteiger partial charge in [0.25, 0.3) is 11.5 Å². The van der Waals surface area contributed by atoms with Crippen molar-refractivity contribution < 1.29 is 4.79 Å². The van der Waals surface area contributed by atoms with Crippen LogP contribution >= 0.6 is 0 Å². The summed E-state index contributed by atoms with van der Waals surface area (Å²) in [5, 5.41) is 11.8. The lowest BCUT2D eigenvalue weighted by molar-refractivity contribution is 0.102. The highest BCUT2D eigenvalue weighted by Crippen LogP contribution is 2.14. The molecule has 0 fully saturated rings. The van der Waals surface area contributed by atoms with E-state index in [4.69, 9.17) is 0 Å². The van der Waals surface area contributed by atoms with Gasteiger partial charge in [-0.3, -0.25) is 14.3 Å². The zero-order chi connectivity index (χ0) is 15.0. The van der Waals surface area contributed by atoms with Crippen LogP contribution < -0.4 is 10.9 Å². The van der Waals surface area contributed by atoms with Crippen molar-refractivity contribution in [2.75, 3.05) is 5.32 Å². The van der Waals surface area contributed by atoms with E-state index in [1.54, 1.807) is 48.3 Å². The molecule has 0 bridgehead atoms. The largest absolute Gasteiger partial charge is 0.304 e. The number of hydrogen-bond acceptors (Lipinski definition) is 4. The number of benzene rings is 1. The average molecular weight is 283 g/mol. The molecule has 0 aliphatic carbocycles. The summed E-state index contributed by atoms with van der Waals surface area (Å²) < 4.78 is 2.75. The van der Waals surface area contributed by atoms with Crippen molar-refractivity contribution in [3.8, 4) is 0 Å². The van der Waals surface area contributed by atoms with Crippen LogP contribution in [0.15, 0.2) is 41.3 Å². The van der Waals surface area contributed by atoms with Crippen molar-refractivity contribution >= 4 is 22.5 Å². The number of anilines is 1. The summed E-state index contributed by atoms with van der Waals surface area (Å²) in [5.41, 5.74) is -0.0432. The van der Waals surface area contributed by atoms with Crippen LogP contribution in [0.3, 0.4) is 0 Å². The molecule has 7 heteroatoms. The minimum Gasteiger partial charge on any atom is -0.304 e. The number of carbonyl (C=O) groups excluding carboxylic acids is 1. The van der Waals surface area contributed by atoms with Gasteiger partial charge in [-0.2, -0.15) is 10.2 Å². The molecule has 7 nitrogen and oxygen atoms in total. The molecule has 0 aliphatic heterocycles. The van der Waals surface area contributed by atoms with Crippen molar-refractivity contribution in [3.05, 3.63) is 52.6 Å². The summed E-state index contributed by atoms with van der Waals surface area (Å²) in [6, 6.07) is 8.58. The van der Waals surface area contributed by atoms with Crippen molar-refractivity contribution in [1.29, 1.82) is 0 Å². The summed E-state index contributed by atoms with van der Waals surface area (Å²) in [7, 11) is 3.28. The van der Waals surface area contributed by atoms with Gasteiger partial charge >= 0.3 is 0 Å². The highest BCUT2D eigenvalue weighted by Gasteiger charge is 2.16. The van der Waals surface area contributed by atoms with E-state index in [9.17, 15) is 9.59 Å². The minimum atomic E-state index is -0.402. The molecule has 0 saturated heterocycles. The highest BCUT2D eigenvalue weighted by atomic mass is 16.2. The van der Waals surface area contributed by atoms with Gasteiger partial charge in [-0.05, 0) is 6.07 Å². The second kappa shape index (κ2) is 4.86. The van der Waals surface area contributed by atoms with Crippen LogP contribution in [0.4, 0.5) is 5.82 Å². The van der Waals surface area contributed by atoms with Crippen molar-refractivity contribution in [2.45, 2.75) is 0 Å². The standard InChI is InChI=1S/C14H13N5O2/c1-18-8-7-11(16-18)15-13(20)12-9-5-3-4-6-10(9)14(21)19(2)17-12/h3-8H,1-2H3,(H,15,16,20). The van der Waals surface area contributed by atoms with Gasteiger partial charge in [0.05, 0.1) is 5.39 Å². The Labute approximate surface area is 119 Å². The summed E-state index contributed by atoms with van der Waals surface area (Å²) >= 11 is 0. The quantitative estimate of drug-likeness (QED) is 0.758. The fourth-order valence-electron chi connectivity index (χ4n) is 2.12. The van der Waals surface area contributed by atoms with Crippen LogP contribution in [0.25, 0.3) is 10.8 Å². The lowest BCUT2D eigenvalue weighted by atomic mass is 10.1. The lowest BCUT2D eigenvalue weighted by Gasteiger charge is -2.07. The molecule has 0 saturated carbocycles. The summed E-state index contributed by atoms with van der Waals surface area (Å²) in [4.78, 5) is 24.4. The molecule has 106 valence electrons. The zero-order valence-corrected chi connectivity index (χ0v) is 11.6. The summed E-state index contributed by atoms with van der Waals surface area (Å²) in [6.45, 7) is 0. The van der Waals surface area contributed by atoms with Gasteiger partial charge in [0, 0.05) is 31.7 Å². The van der Waals surface area contributed by atoms with E-state index in [-0.39, 0.29) is 11.3 Å². The number of hydrogen-bond donors (Lipinski definition) is 1. The predicted molar refractivity (Wildman–Crippen MR) is 78.1 cm³/mol. The molecule has 21 heavy (non-hydrogen) atoms. The van der Waals surface area contributed by atoms with Crippen LogP contribution in [0.1, 0.15) is 10.5 Å². The molecule has 2 aromatic heterocycles. The molecule has 0 unspecified atom stereocenters. The monoisotopic (exact) mass is 283 g/mol. The fourth-order valence-corrected chi connectivity index (χ4v) is 2.12. The molecule has 3 rings (SSSR count). The second-order valence-electron chi connectivity index (χ2n) is 4.65. The van der Waals surface area contributed by atoms with Crippen molar-refractivity contribution in [2.24, 2.45) is 14.1 Å². The molecule has 1 N–H and O–H groups in total. The molecular weight excluding hydrogens is 270 g/mol. The first-order chi connectivity index (χ1) is 10.1. The van der Waals surface area contributed by atoms with Crippen molar-refractivity contribution in [1.82, 2.24) is 19.6 Å². The van der Waals surface area contributed by atoms with Gasteiger partial charge in [0.2, 0.25) is 0 Å². The Hall–Kier alpha value is -2.96. The first-order valence-electron chi connectivity index (χ1n) is 6.33. The number of nitrogens with one attached hydrogen (secondary N) is 1. The summed E-state index contributed by atoms with van der Waals surface area (Å²) in [5.74, 6) is 0.0303. The van der Waals surface area contributed by atoms with E-state index in [2.05, 4.69) is 15.5 Å². The third-order valence-corrected chi connectivity index (χ3v) is 3.13. The molecular formula is C14H13N5O2. The molecule has 0 radical (unpaired) electrons. The van der Waals surface area contributed by atoms with Gasteiger partial charge in [-0.1, -0.05) is 18.2 Å². The Morgan fingerprint density at radius 3 is 2.48 bits per heavy atom. The zero-order valence-electron chi connectivity index (χ0n) is 11.6. The van der Waals surface area contributed by atoms with Gasteiger partial charge < -0.3 is 5.32 Å². The Morgan fingerprint density at radius 2 is 1.81 bits per heavy atom. The topological polar surface area (TPSA) is 81.8 Å². The Morgan fingerprint density at radius 1 is 1.10 bits per heavy atom. The van der Waals surface area contributed by atoms with Crippen molar-refractivity contribution in [3.63, 3.8) is 0 Å². The van der Waals surface area contributed by atoms with E-state index in [0.29, 0.717) is 16.6 Å². The van der Waals surface area contributed by atoms with E-state index >= 15 is 0 Å². The Kier molecular flexibility index (Phi) is 3.02. The van der Waals surface area contributed by atoms with Crippen LogP contribution in [-0.2, 0) is 14.1 Å². The van der Waals surface area contributed by atoms with Crippen LogP contribution in [0.5, 0.6) is 0 Å². The first kappa shape index (κ1) is 13.0. The Bertz CT molecular complexity index is 894. The number of carbonyl (C=O) groups is 1. The van der Waals surface area contributed by atoms with E-state index in [0.717, 1.165) is 4.68 Å². The number of fused-ring (bicyclic) bond motifs is 1. The number of nitrogens with zero attached hydrogens (tertiary/aromatic N) is 4. The lowest BCUT2D eigenvalue weighted by Crippen LogP contribution is -2.25. The molecule has 1 amide bonds. The predicted octanol–water partition coefficient (Wildman–Crippen LogP) is 0.919. The van der Waals surface area contributed by atoms with E-state index in [1.165, 1.54) is 7.05 Å². The fraction of sp³-hybridized carbons (Fsp3) is 0.143. The maximum absolute atomic E-state index is 12.4. The maximum atomic E-state index is 12.4. The second-order valence-corrected chi connectivity index (χ2v) is 4.65. The minimum absolute atomic E-state index is 0.193. The summed E-state index contributed by atoms with van der Waals surface area (Å²) in [6.07, 6.45) is 1.72. The number of aryl methyl sites for hydroxylation is 2. The SMILES string of the molecule is Cn1ccc(NC(=O)c2nn(C)c(=O)c3ccccc23)n1. The number of amides is 1. The van der Waals surface area contributed by atoms with Crippen LogP contribution in [0.2, 0.25) is 0 Å². The van der Waals surface area contributed by atoms with Gasteiger partial charge in [-0.25, -0.2) is 4.68 Å². The van der Waals surface area contributed by atoms with E-state index < -0.39 is 5.91 Å². The molecule has 3 aromatic rings. The first-order valence-corrected chi connectivity index (χ1v) is 6.33. The highest BCUT2D eigenvalue weighted by molar-refractivity contribution is 6.10. The Balaban J connectivity index is 2.09. The average Bonchev–Trinajstić information content (AvgIpc) is 2.88. The molecule has 0 atom stereocenters. The molecule has 0 aliphatic rings.